The average molecular weight is 416 g/mol. The molecule has 0 aliphatic heterocycles. The quantitative estimate of drug-likeness (QED) is 0.575. The summed E-state index contributed by atoms with van der Waals surface area (Å²) in [6, 6.07) is 10.7. The first kappa shape index (κ1) is 21.0. The number of hydrogen-bond donors (Lipinski definition) is 1. The van der Waals surface area contributed by atoms with E-state index in [1.54, 1.807) is 6.92 Å². The fourth-order valence-electron chi connectivity index (χ4n) is 3.05. The van der Waals surface area contributed by atoms with Crippen LogP contribution in [0.15, 0.2) is 47.6 Å². The van der Waals surface area contributed by atoms with E-state index in [0.717, 1.165) is 23.0 Å². The highest BCUT2D eigenvalue weighted by atomic mass is 32.2. The van der Waals surface area contributed by atoms with Crippen molar-refractivity contribution in [3.63, 3.8) is 0 Å². The molecule has 8 heteroatoms. The summed E-state index contributed by atoms with van der Waals surface area (Å²) >= 11 is 1.27. The molecule has 1 aromatic heterocycles. The topological polar surface area (TPSA) is 59.8 Å². The van der Waals surface area contributed by atoms with Gasteiger partial charge in [-0.25, -0.2) is 8.78 Å². The number of benzene rings is 2. The van der Waals surface area contributed by atoms with Crippen LogP contribution < -0.4 is 5.32 Å². The molecule has 3 rings (SSSR count). The van der Waals surface area contributed by atoms with Crippen molar-refractivity contribution in [1.29, 1.82) is 0 Å². The number of carbonyl (C=O) groups is 1. The summed E-state index contributed by atoms with van der Waals surface area (Å²) in [5, 5.41) is 11.9. The molecule has 0 saturated heterocycles. The van der Waals surface area contributed by atoms with Crippen LogP contribution in [0.5, 0.6) is 0 Å². The smallest absolute Gasteiger partial charge is 0.230 e. The summed E-state index contributed by atoms with van der Waals surface area (Å²) in [5.41, 5.74) is 2.33. The van der Waals surface area contributed by atoms with E-state index in [1.807, 2.05) is 42.7 Å². The van der Waals surface area contributed by atoms with E-state index in [2.05, 4.69) is 15.5 Å². The van der Waals surface area contributed by atoms with Crippen LogP contribution in [0.1, 0.15) is 31.0 Å². The summed E-state index contributed by atoms with van der Waals surface area (Å²) in [7, 11) is 0. The first-order valence-electron chi connectivity index (χ1n) is 9.27. The lowest BCUT2D eigenvalue weighted by atomic mass is 10.1. The van der Waals surface area contributed by atoms with E-state index in [0.29, 0.717) is 11.7 Å². The van der Waals surface area contributed by atoms with Gasteiger partial charge in [-0.3, -0.25) is 4.79 Å². The maximum absolute atomic E-state index is 13.9. The fraction of sp³-hybridized carbons (Fsp3) is 0.286. The first-order valence-corrected chi connectivity index (χ1v) is 10.3. The van der Waals surface area contributed by atoms with Gasteiger partial charge in [-0.1, -0.05) is 42.1 Å². The van der Waals surface area contributed by atoms with E-state index >= 15 is 0 Å². The number of aromatic nitrogens is 3. The van der Waals surface area contributed by atoms with Crippen molar-refractivity contribution in [1.82, 2.24) is 20.1 Å². The first-order chi connectivity index (χ1) is 13.9. The van der Waals surface area contributed by atoms with E-state index in [-0.39, 0.29) is 17.2 Å². The molecule has 0 aliphatic rings. The molecule has 0 radical (unpaired) electrons. The lowest BCUT2D eigenvalue weighted by molar-refractivity contribution is -0.119. The third kappa shape index (κ3) is 4.82. The third-order valence-corrected chi connectivity index (χ3v) is 5.52. The van der Waals surface area contributed by atoms with Gasteiger partial charge < -0.3 is 9.88 Å². The van der Waals surface area contributed by atoms with Gasteiger partial charge in [0.1, 0.15) is 11.6 Å². The Morgan fingerprint density at radius 1 is 1.21 bits per heavy atom. The number of hydrogen-bond acceptors (Lipinski definition) is 4. The summed E-state index contributed by atoms with van der Waals surface area (Å²) in [6.45, 7) is 6.33. The molecule has 0 saturated carbocycles. The fourth-order valence-corrected chi connectivity index (χ4v) is 3.86. The van der Waals surface area contributed by atoms with E-state index < -0.39 is 17.7 Å². The number of nitrogens with zero attached hydrogens (tertiary/aromatic N) is 3. The van der Waals surface area contributed by atoms with Gasteiger partial charge in [0.05, 0.1) is 11.8 Å². The molecule has 0 spiro atoms. The van der Waals surface area contributed by atoms with E-state index in [9.17, 15) is 13.6 Å². The van der Waals surface area contributed by atoms with Gasteiger partial charge >= 0.3 is 0 Å². The average Bonchev–Trinajstić information content (AvgIpc) is 3.09. The molecular weight excluding hydrogens is 394 g/mol. The van der Waals surface area contributed by atoms with Crippen molar-refractivity contribution in [3.8, 4) is 11.4 Å². The second-order valence-corrected chi connectivity index (χ2v) is 7.55. The van der Waals surface area contributed by atoms with Crippen molar-refractivity contribution in [3.05, 3.63) is 65.2 Å². The van der Waals surface area contributed by atoms with Crippen LogP contribution in [0.25, 0.3) is 11.4 Å². The molecule has 0 unspecified atom stereocenters. The minimum absolute atomic E-state index is 0.110. The summed E-state index contributed by atoms with van der Waals surface area (Å²) in [4.78, 5) is 12.3. The number of halogens is 2. The largest absolute Gasteiger partial charge is 0.349 e. The second kappa shape index (κ2) is 9.17. The zero-order valence-electron chi connectivity index (χ0n) is 16.4. The summed E-state index contributed by atoms with van der Waals surface area (Å²) < 4.78 is 28.9. The number of carbonyl (C=O) groups excluding carboxylic acids is 1. The molecule has 1 amide bonds. The van der Waals surface area contributed by atoms with Crippen LogP contribution >= 0.6 is 11.8 Å². The lowest BCUT2D eigenvalue weighted by Gasteiger charge is -2.15. The maximum atomic E-state index is 13.9. The highest BCUT2D eigenvalue weighted by molar-refractivity contribution is 7.99. The molecular formula is C21H22F2N4OS. The molecule has 1 heterocycles. The van der Waals surface area contributed by atoms with Crippen LogP contribution in [0, 0.1) is 18.6 Å². The molecule has 5 nitrogen and oxygen atoms in total. The monoisotopic (exact) mass is 416 g/mol. The Hall–Kier alpha value is -2.74. The zero-order valence-corrected chi connectivity index (χ0v) is 17.3. The minimum Gasteiger partial charge on any atom is -0.349 e. The van der Waals surface area contributed by atoms with Crippen LogP contribution in [-0.2, 0) is 11.3 Å². The maximum Gasteiger partial charge on any atom is 0.230 e. The highest BCUT2D eigenvalue weighted by Gasteiger charge is 2.18. The Morgan fingerprint density at radius 3 is 2.66 bits per heavy atom. The molecule has 0 aliphatic carbocycles. The van der Waals surface area contributed by atoms with Gasteiger partial charge in [0, 0.05) is 23.7 Å². The van der Waals surface area contributed by atoms with Crippen molar-refractivity contribution >= 4 is 17.7 Å². The van der Waals surface area contributed by atoms with Crippen molar-refractivity contribution < 1.29 is 13.6 Å². The van der Waals surface area contributed by atoms with Crippen molar-refractivity contribution in [2.75, 3.05) is 5.75 Å². The molecule has 0 fully saturated rings. The molecule has 3 aromatic rings. The van der Waals surface area contributed by atoms with Crippen molar-refractivity contribution in [2.24, 2.45) is 0 Å². The minimum atomic E-state index is -0.681. The summed E-state index contributed by atoms with van der Waals surface area (Å²) in [5.74, 6) is -0.730. The predicted octanol–water partition coefficient (Wildman–Crippen LogP) is 4.52. The molecule has 1 atom stereocenters. The van der Waals surface area contributed by atoms with Gasteiger partial charge in [0.25, 0.3) is 0 Å². The molecule has 152 valence electrons. The number of rotatable bonds is 7. The zero-order chi connectivity index (χ0) is 21.0. The normalized spacial score (nSPS) is 12.0. The van der Waals surface area contributed by atoms with Crippen LogP contribution in [0.4, 0.5) is 8.78 Å². The molecule has 1 N–H and O–H groups in total. The van der Waals surface area contributed by atoms with Crippen molar-refractivity contribution in [2.45, 2.75) is 38.5 Å². The molecule has 0 bridgehead atoms. The standard InChI is InChI=1S/C21H22F2N4OS/c1-4-27-20(16-8-6-5-7-13(16)2)25-26-21(27)29-12-19(28)24-14(3)17-10-9-15(22)11-18(17)23/h5-11,14H,4,12H2,1-3H3,(H,24,28)/t14-/m0/s1. The van der Waals surface area contributed by atoms with Gasteiger partial charge in [0.2, 0.25) is 5.91 Å². The second-order valence-electron chi connectivity index (χ2n) is 6.61. The van der Waals surface area contributed by atoms with Gasteiger partial charge in [-0.05, 0) is 32.4 Å². The lowest BCUT2D eigenvalue weighted by Crippen LogP contribution is -2.28. The van der Waals surface area contributed by atoms with Gasteiger partial charge in [0.15, 0.2) is 11.0 Å². The Labute approximate surface area is 172 Å². The molecule has 29 heavy (non-hydrogen) atoms. The Balaban J connectivity index is 1.67. The third-order valence-electron chi connectivity index (χ3n) is 4.56. The number of amides is 1. The highest BCUT2D eigenvalue weighted by Crippen LogP contribution is 2.26. The Bertz CT molecular complexity index is 1020. The van der Waals surface area contributed by atoms with Gasteiger partial charge in [-0.2, -0.15) is 0 Å². The van der Waals surface area contributed by atoms with E-state index in [1.165, 1.54) is 23.9 Å². The van der Waals surface area contributed by atoms with Crippen LogP contribution in [0.2, 0.25) is 0 Å². The molecule has 2 aromatic carbocycles. The van der Waals surface area contributed by atoms with Crippen LogP contribution in [0.3, 0.4) is 0 Å². The van der Waals surface area contributed by atoms with Gasteiger partial charge in [-0.15, -0.1) is 10.2 Å². The van der Waals surface area contributed by atoms with E-state index in [4.69, 9.17) is 0 Å². The van der Waals surface area contributed by atoms with Crippen LogP contribution in [-0.4, -0.2) is 26.4 Å². The number of aryl methyl sites for hydroxylation is 1. The summed E-state index contributed by atoms with van der Waals surface area (Å²) in [6.07, 6.45) is 0. The Kier molecular flexibility index (Phi) is 6.64. The SMILES string of the molecule is CCn1c(SCC(=O)N[C@@H](C)c2ccc(F)cc2F)nnc1-c1ccccc1C. The number of nitrogens with one attached hydrogen (secondary N) is 1. The number of thioether (sulfide) groups is 1. The predicted molar refractivity (Wildman–Crippen MR) is 110 cm³/mol. The Morgan fingerprint density at radius 2 is 1.97 bits per heavy atom.